The number of carbonyl (C=O) groups excluding carboxylic acids is 1. The van der Waals surface area contributed by atoms with Crippen LogP contribution in [0.2, 0.25) is 0 Å². The van der Waals surface area contributed by atoms with Crippen LogP contribution in [0, 0.1) is 0 Å². The molecule has 1 atom stereocenters. The summed E-state index contributed by atoms with van der Waals surface area (Å²) in [5, 5.41) is 9.28. The Labute approximate surface area is 113 Å². The molecule has 1 heterocycles. The molecule has 0 aliphatic carbocycles. The zero-order valence-electron chi connectivity index (χ0n) is 11.5. The minimum atomic E-state index is -0.0535. The first kappa shape index (κ1) is 13.7. The summed E-state index contributed by atoms with van der Waals surface area (Å²) in [5.74, 6) is -0.0476. The van der Waals surface area contributed by atoms with E-state index in [1.807, 2.05) is 25.1 Å². The first-order chi connectivity index (χ1) is 9.04. The van der Waals surface area contributed by atoms with Crippen LogP contribution in [-0.4, -0.2) is 49.2 Å². The van der Waals surface area contributed by atoms with Gasteiger partial charge in [0.25, 0.3) is 5.91 Å². The van der Waals surface area contributed by atoms with Gasteiger partial charge in [0.2, 0.25) is 0 Å². The van der Waals surface area contributed by atoms with Crippen molar-refractivity contribution >= 4 is 17.3 Å². The molecule has 1 saturated heterocycles. The average molecular weight is 263 g/mol. The Balaban J connectivity index is 2.22. The van der Waals surface area contributed by atoms with Crippen LogP contribution in [0.15, 0.2) is 18.2 Å². The van der Waals surface area contributed by atoms with Crippen molar-refractivity contribution in [2.45, 2.75) is 18.9 Å². The molecule has 0 radical (unpaired) electrons. The number of aliphatic hydroxyl groups excluding tert-OH is 1. The van der Waals surface area contributed by atoms with E-state index in [2.05, 4.69) is 0 Å². The molecule has 1 aromatic rings. The van der Waals surface area contributed by atoms with Gasteiger partial charge in [-0.2, -0.15) is 0 Å². The third-order valence-electron chi connectivity index (χ3n) is 3.61. The van der Waals surface area contributed by atoms with Crippen LogP contribution in [0.3, 0.4) is 0 Å². The van der Waals surface area contributed by atoms with Gasteiger partial charge in [-0.15, -0.1) is 0 Å². The monoisotopic (exact) mass is 263 g/mol. The normalized spacial score (nSPS) is 18.7. The quantitative estimate of drug-likeness (QED) is 0.796. The molecule has 1 aromatic carbocycles. The van der Waals surface area contributed by atoms with Gasteiger partial charge < -0.3 is 20.6 Å². The van der Waals surface area contributed by atoms with E-state index >= 15 is 0 Å². The maximum absolute atomic E-state index is 12.4. The van der Waals surface area contributed by atoms with E-state index in [0.29, 0.717) is 17.8 Å². The van der Waals surface area contributed by atoms with E-state index in [0.717, 1.165) is 18.5 Å². The molecule has 3 N–H and O–H groups in total. The number of carbonyl (C=O) groups is 1. The molecular weight excluding hydrogens is 242 g/mol. The predicted molar refractivity (Wildman–Crippen MR) is 76.3 cm³/mol. The first-order valence-corrected chi connectivity index (χ1v) is 6.53. The number of hydrogen-bond donors (Lipinski definition) is 2. The fourth-order valence-electron chi connectivity index (χ4n) is 2.55. The van der Waals surface area contributed by atoms with Crippen LogP contribution in [0.25, 0.3) is 0 Å². The number of amides is 1. The number of rotatable bonds is 3. The molecule has 0 saturated carbocycles. The number of benzene rings is 1. The number of anilines is 2. The summed E-state index contributed by atoms with van der Waals surface area (Å²) in [6.07, 6.45) is 1.82. The lowest BCUT2D eigenvalue weighted by atomic mass is 10.1. The summed E-state index contributed by atoms with van der Waals surface area (Å²) in [4.78, 5) is 16.0. The zero-order chi connectivity index (χ0) is 14.0. The summed E-state index contributed by atoms with van der Waals surface area (Å²) in [6, 6.07) is 5.31. The van der Waals surface area contributed by atoms with Crippen LogP contribution in [-0.2, 0) is 0 Å². The Bertz CT molecular complexity index is 474. The van der Waals surface area contributed by atoms with Crippen molar-refractivity contribution in [2.75, 3.05) is 37.9 Å². The molecule has 5 heteroatoms. The highest BCUT2D eigenvalue weighted by molar-refractivity contribution is 5.96. The lowest BCUT2D eigenvalue weighted by Gasteiger charge is -2.24. The minimum absolute atomic E-state index is 0.0248. The van der Waals surface area contributed by atoms with Crippen LogP contribution in [0.1, 0.15) is 23.2 Å². The summed E-state index contributed by atoms with van der Waals surface area (Å²) < 4.78 is 0. The van der Waals surface area contributed by atoms with Gasteiger partial charge >= 0.3 is 0 Å². The molecule has 1 aliphatic rings. The van der Waals surface area contributed by atoms with E-state index in [9.17, 15) is 9.90 Å². The maximum atomic E-state index is 12.4. The topological polar surface area (TPSA) is 69.8 Å². The Morgan fingerprint density at radius 3 is 2.84 bits per heavy atom. The van der Waals surface area contributed by atoms with E-state index in [1.165, 1.54) is 0 Å². The standard InChI is InChI=1S/C14H21N3O2/c1-16(2)13-6-5-10(8-12(13)15)14(19)17-7-3-4-11(17)9-18/h5-6,8,11,18H,3-4,7,9,15H2,1-2H3/t11-/m1/s1. The highest BCUT2D eigenvalue weighted by atomic mass is 16.3. The van der Waals surface area contributed by atoms with Gasteiger partial charge in [0.1, 0.15) is 0 Å². The lowest BCUT2D eigenvalue weighted by Crippen LogP contribution is -2.37. The highest BCUT2D eigenvalue weighted by Crippen LogP contribution is 2.25. The molecular formula is C14H21N3O2. The Kier molecular flexibility index (Phi) is 3.95. The molecule has 19 heavy (non-hydrogen) atoms. The van der Waals surface area contributed by atoms with E-state index in [-0.39, 0.29) is 18.6 Å². The second-order valence-corrected chi connectivity index (χ2v) is 5.15. The summed E-state index contributed by atoms with van der Waals surface area (Å²) >= 11 is 0. The molecule has 1 aliphatic heterocycles. The van der Waals surface area contributed by atoms with Crippen molar-refractivity contribution in [1.29, 1.82) is 0 Å². The smallest absolute Gasteiger partial charge is 0.254 e. The van der Waals surface area contributed by atoms with E-state index in [4.69, 9.17) is 5.73 Å². The minimum Gasteiger partial charge on any atom is -0.397 e. The molecule has 0 aromatic heterocycles. The van der Waals surface area contributed by atoms with Gasteiger partial charge in [-0.1, -0.05) is 0 Å². The Morgan fingerprint density at radius 1 is 1.53 bits per heavy atom. The Morgan fingerprint density at radius 2 is 2.26 bits per heavy atom. The molecule has 1 amide bonds. The third-order valence-corrected chi connectivity index (χ3v) is 3.61. The Hall–Kier alpha value is -1.75. The van der Waals surface area contributed by atoms with Gasteiger partial charge in [0.15, 0.2) is 0 Å². The number of nitrogens with two attached hydrogens (primary N) is 1. The van der Waals surface area contributed by atoms with Crippen molar-refractivity contribution in [2.24, 2.45) is 0 Å². The van der Waals surface area contributed by atoms with Crippen molar-refractivity contribution in [1.82, 2.24) is 4.90 Å². The van der Waals surface area contributed by atoms with Crippen molar-refractivity contribution < 1.29 is 9.90 Å². The number of nitrogen functional groups attached to an aromatic ring is 1. The second kappa shape index (κ2) is 5.48. The maximum Gasteiger partial charge on any atom is 0.254 e. The fraction of sp³-hybridized carbons (Fsp3) is 0.500. The predicted octanol–water partition coefficient (Wildman–Crippen LogP) is 0.932. The van der Waals surface area contributed by atoms with Gasteiger partial charge in [-0.25, -0.2) is 0 Å². The van der Waals surface area contributed by atoms with Gasteiger partial charge in [-0.3, -0.25) is 4.79 Å². The van der Waals surface area contributed by atoms with E-state index in [1.54, 1.807) is 17.0 Å². The second-order valence-electron chi connectivity index (χ2n) is 5.15. The number of hydrogen-bond acceptors (Lipinski definition) is 4. The van der Waals surface area contributed by atoms with Crippen molar-refractivity contribution in [3.63, 3.8) is 0 Å². The van der Waals surface area contributed by atoms with Crippen molar-refractivity contribution in [3.8, 4) is 0 Å². The highest BCUT2D eigenvalue weighted by Gasteiger charge is 2.28. The molecule has 5 nitrogen and oxygen atoms in total. The molecule has 2 rings (SSSR count). The number of nitrogens with zero attached hydrogens (tertiary/aromatic N) is 2. The van der Waals surface area contributed by atoms with Gasteiger partial charge in [-0.05, 0) is 31.0 Å². The van der Waals surface area contributed by atoms with Gasteiger partial charge in [0.05, 0.1) is 24.0 Å². The lowest BCUT2D eigenvalue weighted by molar-refractivity contribution is 0.0677. The summed E-state index contributed by atoms with van der Waals surface area (Å²) in [6.45, 7) is 0.733. The molecule has 1 fully saturated rings. The molecule has 0 bridgehead atoms. The largest absolute Gasteiger partial charge is 0.397 e. The molecule has 0 unspecified atom stereocenters. The van der Waals surface area contributed by atoms with Crippen LogP contribution in [0.4, 0.5) is 11.4 Å². The fourth-order valence-corrected chi connectivity index (χ4v) is 2.55. The molecule has 104 valence electrons. The van der Waals surface area contributed by atoms with Crippen LogP contribution >= 0.6 is 0 Å². The van der Waals surface area contributed by atoms with Crippen LogP contribution in [0.5, 0.6) is 0 Å². The van der Waals surface area contributed by atoms with Gasteiger partial charge in [0, 0.05) is 26.2 Å². The summed E-state index contributed by atoms with van der Waals surface area (Å²) in [7, 11) is 3.82. The summed E-state index contributed by atoms with van der Waals surface area (Å²) in [5.41, 5.74) is 8.04. The van der Waals surface area contributed by atoms with Crippen molar-refractivity contribution in [3.05, 3.63) is 23.8 Å². The van der Waals surface area contributed by atoms with Crippen LogP contribution < -0.4 is 10.6 Å². The van der Waals surface area contributed by atoms with E-state index < -0.39 is 0 Å². The average Bonchev–Trinajstić information content (AvgIpc) is 2.85. The number of likely N-dealkylation sites (tertiary alicyclic amines) is 1. The molecule has 0 spiro atoms. The zero-order valence-corrected chi connectivity index (χ0v) is 11.5. The number of aliphatic hydroxyl groups is 1. The first-order valence-electron chi connectivity index (χ1n) is 6.53. The third kappa shape index (κ3) is 2.66. The SMILES string of the molecule is CN(C)c1ccc(C(=O)N2CCC[C@@H]2CO)cc1N.